The largest absolute Gasteiger partial charge is 0.463 e. The summed E-state index contributed by atoms with van der Waals surface area (Å²) in [6.07, 6.45) is -4.57. The highest BCUT2D eigenvalue weighted by atomic mass is 16.7. The van der Waals surface area contributed by atoms with Crippen molar-refractivity contribution in [3.05, 3.63) is 0 Å². The van der Waals surface area contributed by atoms with E-state index in [0.717, 1.165) is 20.8 Å². The Kier molecular flexibility index (Phi) is 7.21. The quantitative estimate of drug-likeness (QED) is 0.361. The normalized spacial score (nSPS) is 29.2. The monoisotopic (exact) mass is 342 g/mol. The van der Waals surface area contributed by atoms with Crippen LogP contribution >= 0.6 is 0 Å². The topological polar surface area (TPSA) is 114 Å². The average molecular weight is 342 g/mol. The fourth-order valence-corrected chi connectivity index (χ4v) is 2.26. The molecule has 0 saturated carbocycles. The van der Waals surface area contributed by atoms with Crippen LogP contribution in [0.1, 0.15) is 27.7 Å². The summed E-state index contributed by atoms with van der Waals surface area (Å²) in [5.41, 5.74) is 0. The standard InChI is InChI=1S/C14H19BO9/c1-6(16)20-5-10-11(21-7(2)17)12(22-8(3)18)13(14(15)24-10)23-9(4)19/h10-14H,5H2,1-4H3/t10?,11-,12?,13?,14-/m0/s1. The zero-order valence-corrected chi connectivity index (χ0v) is 13.8. The van der Waals surface area contributed by atoms with Crippen molar-refractivity contribution in [2.24, 2.45) is 0 Å². The van der Waals surface area contributed by atoms with E-state index in [1.807, 2.05) is 0 Å². The Labute approximate surface area is 140 Å². The molecule has 0 aliphatic carbocycles. The van der Waals surface area contributed by atoms with Crippen LogP contribution in [0.4, 0.5) is 0 Å². The van der Waals surface area contributed by atoms with E-state index >= 15 is 0 Å². The van der Waals surface area contributed by atoms with Gasteiger partial charge < -0.3 is 23.7 Å². The third kappa shape index (κ3) is 5.84. The first-order valence-corrected chi connectivity index (χ1v) is 7.18. The number of carbonyl (C=O) groups is 4. The molecule has 1 fully saturated rings. The second kappa shape index (κ2) is 8.67. The predicted molar refractivity (Wildman–Crippen MR) is 77.7 cm³/mol. The molecule has 2 radical (unpaired) electrons. The van der Waals surface area contributed by atoms with Crippen molar-refractivity contribution in [3.63, 3.8) is 0 Å². The number of ether oxygens (including phenoxy) is 5. The Hall–Kier alpha value is -2.10. The molecule has 1 heterocycles. The Morgan fingerprint density at radius 2 is 1.25 bits per heavy atom. The third-order valence-electron chi connectivity index (χ3n) is 3.03. The molecule has 0 amide bonds. The minimum Gasteiger partial charge on any atom is -0.463 e. The van der Waals surface area contributed by atoms with Gasteiger partial charge in [-0.15, -0.1) is 0 Å². The van der Waals surface area contributed by atoms with Crippen molar-refractivity contribution in [2.75, 3.05) is 6.61 Å². The fourth-order valence-electron chi connectivity index (χ4n) is 2.26. The number of carbonyl (C=O) groups excluding carboxylic acids is 4. The molecule has 0 bridgehead atoms. The molecule has 0 aromatic heterocycles. The van der Waals surface area contributed by atoms with Crippen molar-refractivity contribution >= 4 is 31.7 Å². The summed E-state index contributed by atoms with van der Waals surface area (Å²) >= 11 is 0. The van der Waals surface area contributed by atoms with Gasteiger partial charge in [-0.05, 0) is 0 Å². The smallest absolute Gasteiger partial charge is 0.303 e. The van der Waals surface area contributed by atoms with Crippen LogP contribution in [0, 0.1) is 0 Å². The molecule has 132 valence electrons. The molecule has 3 unspecified atom stereocenters. The van der Waals surface area contributed by atoms with Gasteiger partial charge in [0.2, 0.25) is 0 Å². The number of esters is 4. The van der Waals surface area contributed by atoms with Crippen molar-refractivity contribution in [3.8, 4) is 0 Å². The van der Waals surface area contributed by atoms with E-state index in [1.54, 1.807) is 0 Å². The SMILES string of the molecule is [B][C@H]1OC(COC(C)=O)[C@H](OC(C)=O)C(OC(C)=O)C1OC(C)=O. The van der Waals surface area contributed by atoms with Gasteiger partial charge in [-0.3, -0.25) is 19.2 Å². The molecule has 9 nitrogen and oxygen atoms in total. The molecule has 24 heavy (non-hydrogen) atoms. The van der Waals surface area contributed by atoms with Crippen LogP contribution in [-0.2, 0) is 42.9 Å². The first kappa shape index (κ1) is 20.0. The van der Waals surface area contributed by atoms with Crippen molar-refractivity contribution < 1.29 is 42.9 Å². The minimum atomic E-state index is -1.21. The van der Waals surface area contributed by atoms with E-state index in [0.29, 0.717) is 0 Å². The van der Waals surface area contributed by atoms with E-state index in [4.69, 9.17) is 31.5 Å². The second-order valence-electron chi connectivity index (χ2n) is 5.16. The van der Waals surface area contributed by atoms with E-state index in [1.165, 1.54) is 6.92 Å². The van der Waals surface area contributed by atoms with Gasteiger partial charge in [0.05, 0.1) is 6.00 Å². The molecule has 0 aromatic carbocycles. The Balaban J connectivity index is 3.11. The number of hydrogen-bond donors (Lipinski definition) is 0. The maximum atomic E-state index is 11.4. The first-order valence-electron chi connectivity index (χ1n) is 7.18. The van der Waals surface area contributed by atoms with E-state index in [-0.39, 0.29) is 6.61 Å². The molecule has 5 atom stereocenters. The molecule has 1 aliphatic rings. The van der Waals surface area contributed by atoms with Gasteiger partial charge in [0.25, 0.3) is 0 Å². The lowest BCUT2D eigenvalue weighted by atomic mass is 9.84. The van der Waals surface area contributed by atoms with Gasteiger partial charge in [-0.25, -0.2) is 0 Å². The summed E-state index contributed by atoms with van der Waals surface area (Å²) in [7, 11) is 5.81. The summed E-state index contributed by atoms with van der Waals surface area (Å²) in [6.45, 7) is 4.32. The minimum absolute atomic E-state index is 0.286. The van der Waals surface area contributed by atoms with Crippen LogP contribution in [0.2, 0.25) is 0 Å². The Bertz CT molecular complexity index is 506. The third-order valence-corrected chi connectivity index (χ3v) is 3.03. The first-order chi connectivity index (χ1) is 11.1. The molecule has 1 aliphatic heterocycles. The van der Waals surface area contributed by atoms with Crippen LogP contribution in [0.3, 0.4) is 0 Å². The molecule has 0 spiro atoms. The summed E-state index contributed by atoms with van der Waals surface area (Å²) in [4.78, 5) is 45.0. The van der Waals surface area contributed by atoms with Gasteiger partial charge in [0.1, 0.15) is 20.6 Å². The molecule has 0 aromatic rings. The van der Waals surface area contributed by atoms with Gasteiger partial charge in [0.15, 0.2) is 18.3 Å². The molecule has 10 heteroatoms. The lowest BCUT2D eigenvalue weighted by molar-refractivity contribution is -0.239. The molecule has 1 saturated heterocycles. The van der Waals surface area contributed by atoms with Crippen molar-refractivity contribution in [1.29, 1.82) is 0 Å². The average Bonchev–Trinajstić information content (AvgIpc) is 2.42. The summed E-state index contributed by atoms with van der Waals surface area (Å²) in [6, 6.07) is -1.18. The van der Waals surface area contributed by atoms with Gasteiger partial charge in [0, 0.05) is 27.7 Å². The zero-order chi connectivity index (χ0) is 18.4. The lowest BCUT2D eigenvalue weighted by Crippen LogP contribution is -2.62. The number of hydrogen-bond acceptors (Lipinski definition) is 9. The molecule has 0 N–H and O–H groups in total. The molecule has 1 rings (SSSR count). The van der Waals surface area contributed by atoms with Gasteiger partial charge >= 0.3 is 23.9 Å². The Morgan fingerprint density at radius 3 is 1.71 bits per heavy atom. The maximum Gasteiger partial charge on any atom is 0.303 e. The summed E-state index contributed by atoms with van der Waals surface area (Å²) in [5, 5.41) is 0. The van der Waals surface area contributed by atoms with E-state index in [2.05, 4.69) is 0 Å². The molecular weight excluding hydrogens is 323 g/mol. The van der Waals surface area contributed by atoms with Crippen molar-refractivity contribution in [2.45, 2.75) is 58.1 Å². The number of rotatable bonds is 5. The maximum absolute atomic E-state index is 11.4. The summed E-state index contributed by atoms with van der Waals surface area (Å²) in [5.74, 6) is -2.66. The van der Waals surface area contributed by atoms with E-state index < -0.39 is 54.3 Å². The fraction of sp³-hybridized carbons (Fsp3) is 0.714. The highest BCUT2D eigenvalue weighted by Gasteiger charge is 2.50. The Morgan fingerprint density at radius 1 is 0.792 bits per heavy atom. The summed E-state index contributed by atoms with van der Waals surface area (Å²) < 4.78 is 25.6. The highest BCUT2D eigenvalue weighted by molar-refractivity contribution is 6.11. The van der Waals surface area contributed by atoms with Crippen LogP contribution < -0.4 is 0 Å². The predicted octanol–water partition coefficient (Wildman–Crippen LogP) is -0.762. The van der Waals surface area contributed by atoms with Crippen molar-refractivity contribution in [1.82, 2.24) is 0 Å². The van der Waals surface area contributed by atoms with Crippen LogP contribution in [0.5, 0.6) is 0 Å². The van der Waals surface area contributed by atoms with Gasteiger partial charge in [-0.1, -0.05) is 0 Å². The second-order valence-corrected chi connectivity index (χ2v) is 5.16. The van der Waals surface area contributed by atoms with Crippen LogP contribution in [-0.4, -0.2) is 68.7 Å². The van der Waals surface area contributed by atoms with Crippen LogP contribution in [0.25, 0.3) is 0 Å². The van der Waals surface area contributed by atoms with Crippen LogP contribution in [0.15, 0.2) is 0 Å². The zero-order valence-electron chi connectivity index (χ0n) is 13.8. The van der Waals surface area contributed by atoms with Gasteiger partial charge in [-0.2, -0.15) is 0 Å². The lowest BCUT2D eigenvalue weighted by Gasteiger charge is -2.43. The van der Waals surface area contributed by atoms with E-state index in [9.17, 15) is 19.2 Å². The molecular formula is C14H19BO9. The highest BCUT2D eigenvalue weighted by Crippen LogP contribution is 2.27.